The van der Waals surface area contributed by atoms with Crippen LogP contribution in [0.2, 0.25) is 0 Å². The number of carbonyl (C=O) groups excluding carboxylic acids is 1. The zero-order valence-electron chi connectivity index (χ0n) is 13.0. The number of nitrogens with one attached hydrogen (secondary N) is 1. The van der Waals surface area contributed by atoms with E-state index >= 15 is 0 Å². The second-order valence-electron chi connectivity index (χ2n) is 5.95. The number of thiophene rings is 1. The molecule has 3 aromatic rings. The normalized spacial score (nSPS) is 14.0. The lowest BCUT2D eigenvalue weighted by molar-refractivity contribution is 0.102. The average molecular weight is 340 g/mol. The Morgan fingerprint density at radius 3 is 2.83 bits per heavy atom. The maximum absolute atomic E-state index is 11.8. The molecule has 0 aliphatic heterocycles. The van der Waals surface area contributed by atoms with Gasteiger partial charge >= 0.3 is 0 Å². The Balaban J connectivity index is 1.98. The van der Waals surface area contributed by atoms with E-state index in [1.165, 1.54) is 18.3 Å². The highest BCUT2D eigenvalue weighted by molar-refractivity contribution is 7.21. The van der Waals surface area contributed by atoms with Gasteiger partial charge in [-0.2, -0.15) is 0 Å². The van der Waals surface area contributed by atoms with Crippen LogP contribution in [-0.2, 0) is 0 Å². The number of nitrogens with zero attached hydrogens (tertiary/aromatic N) is 2. The minimum Gasteiger partial charge on any atom is -0.508 e. The van der Waals surface area contributed by atoms with Gasteiger partial charge in [0.05, 0.1) is 21.6 Å². The van der Waals surface area contributed by atoms with Gasteiger partial charge in [0.15, 0.2) is 5.78 Å². The van der Waals surface area contributed by atoms with Gasteiger partial charge in [0.1, 0.15) is 10.6 Å². The molecule has 24 heavy (non-hydrogen) atoms. The van der Waals surface area contributed by atoms with Gasteiger partial charge in [0, 0.05) is 18.5 Å². The zero-order valence-corrected chi connectivity index (χ0v) is 13.9. The van der Waals surface area contributed by atoms with Crippen LogP contribution in [0.4, 0.5) is 11.6 Å². The third kappa shape index (κ3) is 2.56. The van der Waals surface area contributed by atoms with E-state index in [1.807, 2.05) is 6.07 Å². The molecule has 4 N–H and O–H groups in total. The van der Waals surface area contributed by atoms with Crippen LogP contribution >= 0.6 is 11.3 Å². The molecule has 0 amide bonds. The van der Waals surface area contributed by atoms with Crippen molar-refractivity contribution in [2.75, 3.05) is 11.1 Å². The lowest BCUT2D eigenvalue weighted by Gasteiger charge is -2.08. The molecule has 1 saturated carbocycles. The molecule has 0 radical (unpaired) electrons. The second kappa shape index (κ2) is 5.45. The fraction of sp³-hybridized carbons (Fsp3) is 0.235. The molecule has 1 fully saturated rings. The minimum absolute atomic E-state index is 0.0888. The molecule has 2 heterocycles. The van der Waals surface area contributed by atoms with E-state index in [4.69, 9.17) is 5.73 Å². The first-order chi connectivity index (χ1) is 11.5. The summed E-state index contributed by atoms with van der Waals surface area (Å²) in [5.41, 5.74) is 7.97. The fourth-order valence-electron chi connectivity index (χ4n) is 2.62. The number of ketones is 1. The Kier molecular flexibility index (Phi) is 3.38. The lowest BCUT2D eigenvalue weighted by atomic mass is 10.1. The van der Waals surface area contributed by atoms with E-state index in [0.29, 0.717) is 38.5 Å². The predicted molar refractivity (Wildman–Crippen MR) is 95.6 cm³/mol. The second-order valence-corrected chi connectivity index (χ2v) is 6.95. The first kappa shape index (κ1) is 14.9. The van der Waals surface area contributed by atoms with Gasteiger partial charge in [-0.1, -0.05) is 12.1 Å². The van der Waals surface area contributed by atoms with Gasteiger partial charge in [0.25, 0.3) is 0 Å². The van der Waals surface area contributed by atoms with E-state index in [0.717, 1.165) is 18.4 Å². The molecule has 0 unspecified atom stereocenters. The molecular formula is C17H16N4O2S. The van der Waals surface area contributed by atoms with E-state index in [2.05, 4.69) is 15.3 Å². The van der Waals surface area contributed by atoms with E-state index in [9.17, 15) is 9.90 Å². The molecular weight excluding hydrogens is 324 g/mol. The van der Waals surface area contributed by atoms with Gasteiger partial charge in [-0.3, -0.25) is 4.79 Å². The van der Waals surface area contributed by atoms with Crippen molar-refractivity contribution >= 4 is 39.0 Å². The van der Waals surface area contributed by atoms with Crippen LogP contribution in [0.25, 0.3) is 21.5 Å². The number of phenolic OH excluding ortho intramolecular Hbond substituents is 1. The Bertz CT molecular complexity index is 963. The van der Waals surface area contributed by atoms with E-state index in [-0.39, 0.29) is 11.5 Å². The third-order valence-electron chi connectivity index (χ3n) is 3.94. The number of Topliss-reactive ketones (excluding diaryl/α,β-unsaturated/α-hetero) is 1. The summed E-state index contributed by atoms with van der Waals surface area (Å²) < 4.78 is 0. The summed E-state index contributed by atoms with van der Waals surface area (Å²) in [4.78, 5) is 22.1. The van der Waals surface area contributed by atoms with Crippen molar-refractivity contribution in [2.45, 2.75) is 25.8 Å². The number of anilines is 2. The summed E-state index contributed by atoms with van der Waals surface area (Å²) in [6.07, 6.45) is 2.21. The number of rotatable bonds is 4. The highest BCUT2D eigenvalue weighted by Crippen LogP contribution is 2.40. The largest absolute Gasteiger partial charge is 0.508 e. The molecule has 4 rings (SSSR count). The Morgan fingerprint density at radius 2 is 2.17 bits per heavy atom. The van der Waals surface area contributed by atoms with Crippen molar-refractivity contribution in [1.82, 2.24) is 9.97 Å². The van der Waals surface area contributed by atoms with Crippen molar-refractivity contribution in [3.05, 3.63) is 29.1 Å². The van der Waals surface area contributed by atoms with Crippen molar-refractivity contribution in [2.24, 2.45) is 0 Å². The number of aromatic nitrogens is 2. The Labute approximate surface area is 142 Å². The summed E-state index contributed by atoms with van der Waals surface area (Å²) in [6, 6.07) is 7.24. The van der Waals surface area contributed by atoms with Gasteiger partial charge in [-0.25, -0.2) is 9.97 Å². The number of carbonyl (C=O) groups is 1. The van der Waals surface area contributed by atoms with Crippen LogP contribution in [0.15, 0.2) is 24.3 Å². The molecule has 2 aromatic heterocycles. The molecule has 0 bridgehead atoms. The Hall–Kier alpha value is -2.67. The predicted octanol–water partition coefficient (Wildman–Crippen LogP) is 3.42. The number of hydrogen-bond acceptors (Lipinski definition) is 7. The summed E-state index contributed by atoms with van der Waals surface area (Å²) in [6.45, 7) is 1.49. The summed E-state index contributed by atoms with van der Waals surface area (Å²) in [5, 5.41) is 13.7. The summed E-state index contributed by atoms with van der Waals surface area (Å²) in [7, 11) is 0. The first-order valence-electron chi connectivity index (χ1n) is 7.70. The van der Waals surface area contributed by atoms with E-state index in [1.54, 1.807) is 18.2 Å². The third-order valence-corrected chi connectivity index (χ3v) is 5.14. The van der Waals surface area contributed by atoms with Crippen LogP contribution in [-0.4, -0.2) is 26.9 Å². The quantitative estimate of drug-likeness (QED) is 0.629. The van der Waals surface area contributed by atoms with Gasteiger partial charge in [-0.15, -0.1) is 11.3 Å². The summed E-state index contributed by atoms with van der Waals surface area (Å²) in [5.74, 6) is 0.588. The van der Waals surface area contributed by atoms with Crippen LogP contribution in [0.5, 0.6) is 5.75 Å². The Morgan fingerprint density at radius 1 is 1.38 bits per heavy atom. The molecule has 1 aliphatic rings. The highest BCUT2D eigenvalue weighted by atomic mass is 32.1. The topological polar surface area (TPSA) is 101 Å². The number of aromatic hydroxyl groups is 1. The lowest BCUT2D eigenvalue weighted by Crippen LogP contribution is -2.06. The van der Waals surface area contributed by atoms with E-state index < -0.39 is 0 Å². The highest BCUT2D eigenvalue weighted by Gasteiger charge is 2.25. The van der Waals surface area contributed by atoms with Crippen LogP contribution in [0.1, 0.15) is 29.4 Å². The number of benzene rings is 1. The molecule has 1 aliphatic carbocycles. The molecule has 0 atom stereocenters. The molecule has 1 aromatic carbocycles. The molecule has 6 nitrogen and oxygen atoms in total. The SMILES string of the molecule is CC(=O)c1sc2nc(NC3CC3)nc(-c3cccc(O)c3)c2c1N. The molecule has 7 heteroatoms. The maximum Gasteiger partial charge on any atom is 0.224 e. The van der Waals surface area contributed by atoms with Crippen molar-refractivity contribution in [3.8, 4) is 17.0 Å². The standard InChI is InChI=1S/C17H16N4O2S/c1-8(22)15-13(18)12-14(9-3-2-4-11(23)7-9)20-17(19-10-5-6-10)21-16(12)24-15/h2-4,7,10,23H,5-6,18H2,1H3,(H,19,20,21). The summed E-state index contributed by atoms with van der Waals surface area (Å²) >= 11 is 1.28. The van der Waals surface area contributed by atoms with Crippen LogP contribution < -0.4 is 11.1 Å². The zero-order chi connectivity index (χ0) is 16.8. The fourth-order valence-corrected chi connectivity index (χ4v) is 3.61. The smallest absolute Gasteiger partial charge is 0.224 e. The van der Waals surface area contributed by atoms with Crippen molar-refractivity contribution in [1.29, 1.82) is 0 Å². The van der Waals surface area contributed by atoms with Gasteiger partial charge in [-0.05, 0) is 25.0 Å². The molecule has 122 valence electrons. The minimum atomic E-state index is -0.0888. The first-order valence-corrected chi connectivity index (χ1v) is 8.51. The van der Waals surface area contributed by atoms with Gasteiger partial charge in [0.2, 0.25) is 5.95 Å². The van der Waals surface area contributed by atoms with Gasteiger partial charge < -0.3 is 16.2 Å². The number of nitrogens with two attached hydrogens (primary N) is 1. The average Bonchev–Trinajstić information content (AvgIpc) is 3.28. The van der Waals surface area contributed by atoms with Crippen LogP contribution in [0, 0.1) is 0 Å². The number of hydrogen-bond donors (Lipinski definition) is 3. The number of fused-ring (bicyclic) bond motifs is 1. The number of phenols is 1. The van der Waals surface area contributed by atoms with Crippen molar-refractivity contribution in [3.63, 3.8) is 0 Å². The maximum atomic E-state index is 11.8. The number of nitrogen functional groups attached to an aromatic ring is 1. The van der Waals surface area contributed by atoms with Crippen LogP contribution in [0.3, 0.4) is 0 Å². The van der Waals surface area contributed by atoms with Crippen molar-refractivity contribution < 1.29 is 9.90 Å². The monoisotopic (exact) mass is 340 g/mol. The molecule has 0 spiro atoms. The molecule has 0 saturated heterocycles.